The third-order valence-corrected chi connectivity index (χ3v) is 1.14. The van der Waals surface area contributed by atoms with E-state index in [0.29, 0.717) is 6.04 Å². The van der Waals surface area contributed by atoms with Crippen molar-refractivity contribution in [3.05, 3.63) is 24.5 Å². The minimum Gasteiger partial charge on any atom is -0.383 e. The van der Waals surface area contributed by atoms with Gasteiger partial charge in [-0.1, -0.05) is 13.8 Å². The largest absolute Gasteiger partial charge is 0.383 e. The molecule has 70 valence electrons. The summed E-state index contributed by atoms with van der Waals surface area (Å²) in [6.07, 6.45) is 3.56. The van der Waals surface area contributed by atoms with E-state index >= 15 is 0 Å². The molecule has 1 aromatic heterocycles. The van der Waals surface area contributed by atoms with Gasteiger partial charge in [-0.3, -0.25) is 4.98 Å². The van der Waals surface area contributed by atoms with Gasteiger partial charge in [0, 0.05) is 25.5 Å². The lowest BCUT2D eigenvalue weighted by atomic mass is 10.3. The molecule has 0 aliphatic heterocycles. The van der Waals surface area contributed by atoms with Crippen LogP contribution >= 0.6 is 0 Å². The van der Waals surface area contributed by atoms with Gasteiger partial charge < -0.3 is 5.32 Å². The molecule has 0 unspecified atom stereocenters. The summed E-state index contributed by atoms with van der Waals surface area (Å²) in [7, 11) is 0. The van der Waals surface area contributed by atoms with Crippen LogP contribution in [0.15, 0.2) is 24.5 Å². The molecule has 2 nitrogen and oxygen atoms in total. The quantitative estimate of drug-likeness (QED) is 0.733. The van der Waals surface area contributed by atoms with Crippen molar-refractivity contribution >= 4 is 5.69 Å². The van der Waals surface area contributed by atoms with Gasteiger partial charge in [-0.15, -0.1) is 0 Å². The van der Waals surface area contributed by atoms with Crippen LogP contribution in [-0.2, 0) is 0 Å². The zero-order valence-corrected chi connectivity index (χ0v) is 8.33. The van der Waals surface area contributed by atoms with Crippen LogP contribution in [0, 0.1) is 0 Å². The van der Waals surface area contributed by atoms with Crippen LogP contribution in [-0.4, -0.2) is 11.0 Å². The van der Waals surface area contributed by atoms with Crippen LogP contribution < -0.4 is 5.32 Å². The summed E-state index contributed by atoms with van der Waals surface area (Å²) in [5.41, 5.74) is 1.13. The molecule has 0 spiro atoms. The Morgan fingerprint density at radius 3 is 2.17 bits per heavy atom. The normalized spacial score (nSPS) is 8.75. The lowest BCUT2D eigenvalue weighted by molar-refractivity contribution is 0.899. The highest BCUT2D eigenvalue weighted by molar-refractivity contribution is 5.41. The maximum Gasteiger partial charge on any atom is 0.0372 e. The van der Waals surface area contributed by atoms with Crippen LogP contribution in [0.1, 0.15) is 29.1 Å². The van der Waals surface area contributed by atoms with Crippen molar-refractivity contribution in [3.63, 3.8) is 0 Å². The zero-order valence-electron chi connectivity index (χ0n) is 8.33. The van der Waals surface area contributed by atoms with E-state index in [1.165, 1.54) is 0 Å². The topological polar surface area (TPSA) is 24.9 Å². The van der Waals surface area contributed by atoms with Gasteiger partial charge >= 0.3 is 0 Å². The van der Waals surface area contributed by atoms with E-state index in [-0.39, 0.29) is 1.43 Å². The molecule has 2 heteroatoms. The smallest absolute Gasteiger partial charge is 0.0372 e. The van der Waals surface area contributed by atoms with Crippen LogP contribution in [0.4, 0.5) is 5.69 Å². The van der Waals surface area contributed by atoms with Crippen LogP contribution in [0.3, 0.4) is 0 Å². The molecule has 0 radical (unpaired) electrons. The molecule has 1 heterocycles. The third-order valence-electron chi connectivity index (χ3n) is 1.14. The molecular weight excluding hydrogens is 148 g/mol. The van der Waals surface area contributed by atoms with Gasteiger partial charge in [0.05, 0.1) is 0 Å². The maximum atomic E-state index is 3.91. The summed E-state index contributed by atoms with van der Waals surface area (Å²) in [5, 5.41) is 3.26. The van der Waals surface area contributed by atoms with E-state index in [9.17, 15) is 0 Å². The number of anilines is 1. The molecule has 12 heavy (non-hydrogen) atoms. The van der Waals surface area contributed by atoms with Crippen molar-refractivity contribution in [3.8, 4) is 0 Å². The van der Waals surface area contributed by atoms with Crippen LogP contribution in [0.25, 0.3) is 0 Å². The van der Waals surface area contributed by atoms with Gasteiger partial charge in [-0.25, -0.2) is 0 Å². The molecule has 1 aromatic rings. The molecule has 0 bridgehead atoms. The molecule has 1 N–H and O–H groups in total. The Morgan fingerprint density at radius 1 is 1.25 bits per heavy atom. The van der Waals surface area contributed by atoms with Crippen molar-refractivity contribution < 1.29 is 1.43 Å². The second-order valence-electron chi connectivity index (χ2n) is 2.53. The van der Waals surface area contributed by atoms with E-state index < -0.39 is 0 Å². The van der Waals surface area contributed by atoms with E-state index in [2.05, 4.69) is 24.1 Å². The molecule has 0 saturated carbocycles. The van der Waals surface area contributed by atoms with E-state index in [4.69, 9.17) is 0 Å². The lowest BCUT2D eigenvalue weighted by Gasteiger charge is -2.07. The van der Waals surface area contributed by atoms with Crippen LogP contribution in [0.5, 0.6) is 0 Å². The number of hydrogen-bond donors (Lipinski definition) is 1. The Bertz CT molecular complexity index is 187. The number of nitrogens with one attached hydrogen (secondary N) is 1. The highest BCUT2D eigenvalue weighted by Gasteiger charge is 1.91. The van der Waals surface area contributed by atoms with Crippen molar-refractivity contribution in [2.75, 3.05) is 5.32 Å². The Balaban J connectivity index is 0. The summed E-state index contributed by atoms with van der Waals surface area (Å²) in [6, 6.07) is 4.40. The van der Waals surface area contributed by atoms with E-state index in [1.54, 1.807) is 12.4 Å². The predicted octanol–water partition coefficient (Wildman–Crippen LogP) is 3.17. The molecule has 0 amide bonds. The number of aromatic nitrogens is 1. The SMILES string of the molecule is CC.CC(C)Nc1ccncc1.[HH]. The van der Waals surface area contributed by atoms with Crippen molar-refractivity contribution in [1.29, 1.82) is 0 Å². The summed E-state index contributed by atoms with van der Waals surface area (Å²) < 4.78 is 0. The van der Waals surface area contributed by atoms with Gasteiger partial charge in [0.15, 0.2) is 0 Å². The Hall–Kier alpha value is -1.05. The molecule has 0 aliphatic rings. The van der Waals surface area contributed by atoms with Crippen LogP contribution in [0.2, 0.25) is 0 Å². The molecule has 0 saturated heterocycles. The third kappa shape index (κ3) is 4.72. The number of hydrogen-bond acceptors (Lipinski definition) is 2. The highest BCUT2D eigenvalue weighted by Crippen LogP contribution is 2.04. The average Bonchev–Trinajstić information content (AvgIpc) is 2.08. The average molecular weight is 168 g/mol. The van der Waals surface area contributed by atoms with Crippen molar-refractivity contribution in [2.24, 2.45) is 0 Å². The first-order valence-corrected chi connectivity index (χ1v) is 4.45. The van der Waals surface area contributed by atoms with Gasteiger partial charge in [-0.05, 0) is 26.0 Å². The molecule has 0 fully saturated rings. The fraction of sp³-hybridized carbons (Fsp3) is 0.500. The summed E-state index contributed by atoms with van der Waals surface area (Å²) in [4.78, 5) is 3.91. The first-order chi connectivity index (χ1) is 5.79. The fourth-order valence-corrected chi connectivity index (χ4v) is 0.781. The van der Waals surface area contributed by atoms with Gasteiger partial charge in [0.2, 0.25) is 0 Å². The molecular formula is C10H20N2. The molecule has 0 aromatic carbocycles. The first-order valence-electron chi connectivity index (χ1n) is 4.45. The monoisotopic (exact) mass is 168 g/mol. The van der Waals surface area contributed by atoms with E-state index in [1.807, 2.05) is 26.0 Å². The molecule has 1 rings (SSSR count). The van der Waals surface area contributed by atoms with Gasteiger partial charge in [-0.2, -0.15) is 0 Å². The number of rotatable bonds is 2. The highest BCUT2D eigenvalue weighted by atomic mass is 14.9. The minimum absolute atomic E-state index is 0. The predicted molar refractivity (Wildman–Crippen MR) is 56.5 cm³/mol. The van der Waals surface area contributed by atoms with Gasteiger partial charge in [0.25, 0.3) is 0 Å². The van der Waals surface area contributed by atoms with E-state index in [0.717, 1.165) is 5.69 Å². The van der Waals surface area contributed by atoms with Gasteiger partial charge in [0.1, 0.15) is 0 Å². The molecule has 0 atom stereocenters. The second kappa shape index (κ2) is 6.65. The number of pyridine rings is 1. The van der Waals surface area contributed by atoms with Crippen molar-refractivity contribution in [1.82, 2.24) is 4.98 Å². The Morgan fingerprint density at radius 2 is 1.75 bits per heavy atom. The Kier molecular flexibility index (Phi) is 6.07. The summed E-state index contributed by atoms with van der Waals surface area (Å²) in [6.45, 7) is 8.22. The minimum atomic E-state index is 0. The second-order valence-corrected chi connectivity index (χ2v) is 2.53. The molecule has 0 aliphatic carbocycles. The lowest BCUT2D eigenvalue weighted by Crippen LogP contribution is -2.09. The number of nitrogens with zero attached hydrogens (tertiary/aromatic N) is 1. The first kappa shape index (κ1) is 11.0. The fourth-order valence-electron chi connectivity index (χ4n) is 0.781. The Labute approximate surface area is 76.5 Å². The summed E-state index contributed by atoms with van der Waals surface area (Å²) in [5.74, 6) is 0. The summed E-state index contributed by atoms with van der Waals surface area (Å²) >= 11 is 0. The standard InChI is InChI=1S/C8H12N2.C2H6.H2/c1-7(2)10-8-3-5-9-6-4-8;1-2;/h3-7H,1-2H3,(H,9,10);1-2H3;1H. The van der Waals surface area contributed by atoms with Crippen molar-refractivity contribution in [2.45, 2.75) is 33.7 Å². The maximum absolute atomic E-state index is 3.91. The zero-order chi connectivity index (χ0) is 9.40.